The summed E-state index contributed by atoms with van der Waals surface area (Å²) < 4.78 is 21.3. The van der Waals surface area contributed by atoms with Crippen LogP contribution in [0, 0.1) is 0 Å². The number of rotatable bonds is 5. The zero-order chi connectivity index (χ0) is 16.4. The Hall–Kier alpha value is -2.89. The molecule has 0 aliphatic carbocycles. The lowest BCUT2D eigenvalue weighted by atomic mass is 10.1. The number of para-hydroxylation sites is 2. The molecule has 2 aromatic rings. The predicted molar refractivity (Wildman–Crippen MR) is 84.3 cm³/mol. The Morgan fingerprint density at radius 1 is 0.957 bits per heavy atom. The number of esters is 1. The second kappa shape index (κ2) is 6.08. The van der Waals surface area contributed by atoms with E-state index in [0.29, 0.717) is 28.4 Å². The molecule has 1 aliphatic heterocycles. The fraction of sp³-hybridized carbons (Fsp3) is 0.235. The van der Waals surface area contributed by atoms with Gasteiger partial charge in [0, 0.05) is 5.56 Å². The highest BCUT2D eigenvalue weighted by atomic mass is 16.6. The van der Waals surface area contributed by atoms with Gasteiger partial charge in [0.1, 0.15) is 11.3 Å². The third-order valence-corrected chi connectivity index (χ3v) is 3.68. The molecule has 0 unspecified atom stereocenters. The fourth-order valence-corrected chi connectivity index (χ4v) is 2.61. The van der Waals surface area contributed by atoms with E-state index in [1.165, 1.54) is 14.2 Å². The maximum Gasteiger partial charge on any atom is 0.344 e. The first-order valence-corrected chi connectivity index (χ1v) is 7.05. The molecule has 1 heterocycles. The Morgan fingerprint density at radius 2 is 1.70 bits per heavy atom. The van der Waals surface area contributed by atoms with Gasteiger partial charge >= 0.3 is 5.97 Å². The minimum absolute atomic E-state index is 0.374. The molecule has 0 aromatic heterocycles. The summed E-state index contributed by atoms with van der Waals surface area (Å²) in [4.78, 5) is 12.2. The van der Waals surface area contributed by atoms with Crippen molar-refractivity contribution in [3.05, 3.63) is 47.5 Å². The Balaban J connectivity index is 1.99. The quantitative estimate of drug-likeness (QED) is 0.856. The summed E-state index contributed by atoms with van der Waals surface area (Å²) in [6.45, 7) is 0. The zero-order valence-corrected chi connectivity index (χ0v) is 13.1. The molecule has 0 radical (unpaired) electrons. The second-order valence-corrected chi connectivity index (χ2v) is 4.90. The van der Waals surface area contributed by atoms with E-state index in [9.17, 15) is 4.79 Å². The molecule has 6 nitrogen and oxygen atoms in total. The zero-order valence-electron chi connectivity index (χ0n) is 13.1. The average molecular weight is 315 g/mol. The first kappa shape index (κ1) is 15.0. The highest BCUT2D eigenvalue weighted by molar-refractivity contribution is 5.98. The van der Waals surface area contributed by atoms with E-state index in [2.05, 4.69) is 5.32 Å². The number of ether oxygens (including phenoxy) is 4. The first-order valence-electron chi connectivity index (χ1n) is 7.05. The van der Waals surface area contributed by atoms with Crippen molar-refractivity contribution < 1.29 is 23.7 Å². The van der Waals surface area contributed by atoms with Crippen LogP contribution in [0.5, 0.6) is 17.2 Å². The molecule has 1 N–H and O–H groups in total. The third kappa shape index (κ3) is 2.52. The van der Waals surface area contributed by atoms with Crippen molar-refractivity contribution in [3.8, 4) is 17.2 Å². The van der Waals surface area contributed by atoms with Crippen molar-refractivity contribution in [1.29, 1.82) is 0 Å². The molecule has 1 aliphatic rings. The molecule has 0 bridgehead atoms. The van der Waals surface area contributed by atoms with Crippen molar-refractivity contribution >= 4 is 11.7 Å². The molecule has 120 valence electrons. The number of fused-ring (bicyclic) bond motifs is 1. The summed E-state index contributed by atoms with van der Waals surface area (Å²) in [7, 11) is 4.60. The Kier molecular flexibility index (Phi) is 3.97. The second-order valence-electron chi connectivity index (χ2n) is 4.90. The van der Waals surface area contributed by atoms with E-state index >= 15 is 0 Å². The van der Waals surface area contributed by atoms with Gasteiger partial charge < -0.3 is 24.3 Å². The number of cyclic esters (lactones) is 1. The van der Waals surface area contributed by atoms with Gasteiger partial charge in [0.25, 0.3) is 0 Å². The number of carbonyl (C=O) groups excluding carboxylic acids is 1. The van der Waals surface area contributed by atoms with Crippen LogP contribution in [0.15, 0.2) is 36.4 Å². The van der Waals surface area contributed by atoms with Crippen LogP contribution in [-0.4, -0.2) is 27.3 Å². The van der Waals surface area contributed by atoms with Gasteiger partial charge in [-0.2, -0.15) is 0 Å². The van der Waals surface area contributed by atoms with Gasteiger partial charge in [-0.1, -0.05) is 12.1 Å². The molecule has 2 aromatic carbocycles. The summed E-state index contributed by atoms with van der Waals surface area (Å²) in [5.41, 5.74) is 1.80. The van der Waals surface area contributed by atoms with Crippen molar-refractivity contribution in [3.63, 3.8) is 0 Å². The molecule has 3 rings (SSSR count). The molecule has 0 amide bonds. The summed E-state index contributed by atoms with van der Waals surface area (Å²) >= 11 is 0. The van der Waals surface area contributed by atoms with Crippen LogP contribution in [0.25, 0.3) is 0 Å². The highest BCUT2D eigenvalue weighted by Gasteiger charge is 2.36. The van der Waals surface area contributed by atoms with Crippen LogP contribution in [0.3, 0.4) is 0 Å². The summed E-state index contributed by atoms with van der Waals surface area (Å²) in [5, 5.41) is 3.17. The SMILES string of the molecule is COc1ccccc1N[C@@H]1OC(=O)c2c1ccc(OC)c2OC. The maximum absolute atomic E-state index is 12.2. The molecule has 0 spiro atoms. The van der Waals surface area contributed by atoms with Crippen molar-refractivity contribution in [2.75, 3.05) is 26.6 Å². The lowest BCUT2D eigenvalue weighted by Gasteiger charge is -2.17. The van der Waals surface area contributed by atoms with Crippen molar-refractivity contribution in [2.24, 2.45) is 0 Å². The molecular weight excluding hydrogens is 298 g/mol. The minimum atomic E-state index is -0.617. The minimum Gasteiger partial charge on any atom is -0.495 e. The van der Waals surface area contributed by atoms with Crippen LogP contribution in [0.4, 0.5) is 5.69 Å². The number of carbonyl (C=O) groups is 1. The Morgan fingerprint density at radius 3 is 2.39 bits per heavy atom. The van der Waals surface area contributed by atoms with E-state index in [0.717, 1.165) is 5.69 Å². The highest BCUT2D eigenvalue weighted by Crippen LogP contribution is 2.42. The molecule has 1 atom stereocenters. The number of nitrogens with one attached hydrogen (secondary N) is 1. The van der Waals surface area contributed by atoms with Gasteiger partial charge in [-0.15, -0.1) is 0 Å². The summed E-state index contributed by atoms with van der Waals surface area (Å²) in [6.07, 6.45) is -0.617. The Bertz CT molecular complexity index is 744. The van der Waals surface area contributed by atoms with Gasteiger partial charge in [0.2, 0.25) is 6.23 Å². The van der Waals surface area contributed by atoms with Crippen LogP contribution in [-0.2, 0) is 4.74 Å². The smallest absolute Gasteiger partial charge is 0.344 e. The molecule has 0 fully saturated rings. The molecule has 6 heteroatoms. The van der Waals surface area contributed by atoms with Crippen LogP contribution in [0.1, 0.15) is 22.1 Å². The van der Waals surface area contributed by atoms with Crippen LogP contribution in [0.2, 0.25) is 0 Å². The van der Waals surface area contributed by atoms with E-state index < -0.39 is 12.2 Å². The first-order chi connectivity index (χ1) is 11.2. The number of hydrogen-bond acceptors (Lipinski definition) is 6. The molecular formula is C17H17NO5. The van der Waals surface area contributed by atoms with Gasteiger partial charge in [-0.05, 0) is 24.3 Å². The molecule has 23 heavy (non-hydrogen) atoms. The van der Waals surface area contributed by atoms with Crippen molar-refractivity contribution in [1.82, 2.24) is 0 Å². The third-order valence-electron chi connectivity index (χ3n) is 3.68. The standard InChI is InChI=1S/C17H17NO5/c1-20-12-7-5-4-6-11(12)18-16-10-8-9-13(21-2)15(22-3)14(10)17(19)23-16/h4-9,16,18H,1-3H3/t16-/m1/s1. The topological polar surface area (TPSA) is 66.0 Å². The van der Waals surface area contributed by atoms with Gasteiger partial charge in [0.05, 0.1) is 27.0 Å². The number of hydrogen-bond donors (Lipinski definition) is 1. The van der Waals surface area contributed by atoms with Crippen molar-refractivity contribution in [2.45, 2.75) is 6.23 Å². The predicted octanol–water partition coefficient (Wildman–Crippen LogP) is 2.99. The summed E-state index contributed by atoms with van der Waals surface area (Å²) in [5.74, 6) is 1.07. The lowest BCUT2D eigenvalue weighted by Crippen LogP contribution is -2.11. The molecule has 0 saturated carbocycles. The normalized spacial score (nSPS) is 15.6. The number of methoxy groups -OCH3 is 3. The van der Waals surface area contributed by atoms with E-state index in [1.807, 2.05) is 24.3 Å². The van der Waals surface area contributed by atoms with E-state index in [4.69, 9.17) is 18.9 Å². The number of anilines is 1. The monoisotopic (exact) mass is 315 g/mol. The van der Waals surface area contributed by atoms with E-state index in [-0.39, 0.29) is 0 Å². The van der Waals surface area contributed by atoms with Crippen LogP contribution < -0.4 is 19.5 Å². The Labute approximate surface area is 133 Å². The average Bonchev–Trinajstić information content (AvgIpc) is 2.90. The van der Waals surface area contributed by atoms with Gasteiger partial charge in [0.15, 0.2) is 11.5 Å². The summed E-state index contributed by atoms with van der Waals surface area (Å²) in [6, 6.07) is 11.0. The fourth-order valence-electron chi connectivity index (χ4n) is 2.61. The maximum atomic E-state index is 12.2. The van der Waals surface area contributed by atoms with E-state index in [1.54, 1.807) is 19.2 Å². The van der Waals surface area contributed by atoms with Crippen LogP contribution >= 0.6 is 0 Å². The largest absolute Gasteiger partial charge is 0.495 e. The van der Waals surface area contributed by atoms with Gasteiger partial charge in [-0.3, -0.25) is 0 Å². The lowest BCUT2D eigenvalue weighted by molar-refractivity contribution is 0.0434. The number of benzene rings is 2. The van der Waals surface area contributed by atoms with Gasteiger partial charge in [-0.25, -0.2) is 4.79 Å². The molecule has 0 saturated heterocycles.